The topological polar surface area (TPSA) is 50.1 Å². The van der Waals surface area contributed by atoms with E-state index >= 15 is 0 Å². The van der Waals surface area contributed by atoms with Crippen LogP contribution in [0, 0.1) is 40.9 Å². The molecule has 0 spiro atoms. The summed E-state index contributed by atoms with van der Waals surface area (Å²) in [7, 11) is 0. The Labute approximate surface area is 166 Å². The molecule has 3 nitrogen and oxygen atoms in total. The van der Waals surface area contributed by atoms with E-state index in [1.54, 1.807) is 0 Å². The molecule has 0 radical (unpaired) electrons. The smallest absolute Gasteiger partial charge is 0.309 e. The number of nitriles is 1. The molecule has 0 bridgehead atoms. The van der Waals surface area contributed by atoms with Gasteiger partial charge in [-0.05, 0) is 82.0 Å². The van der Waals surface area contributed by atoms with Crippen LogP contribution < -0.4 is 0 Å². The van der Waals surface area contributed by atoms with Crippen LogP contribution in [-0.2, 0) is 9.53 Å². The Hall–Kier alpha value is -1.04. The van der Waals surface area contributed by atoms with E-state index in [0.717, 1.165) is 56.3 Å². The standard InChI is InChI=1S/C24H39NO2/c1-2-3-4-18-5-9-20(10-6-18)21-11-13-22(14-12-21)24(26)27-23-15-7-19(17-25)8-16-23/h18-23H,2-16H2,1H3. The SMILES string of the molecule is CCCCC1CCC(C2CCC(C(=O)OC3CCC(C#N)CC3)CC2)CC1. The lowest BCUT2D eigenvalue weighted by Crippen LogP contribution is -2.32. The molecule has 3 heteroatoms. The minimum atomic E-state index is 0.0529. The van der Waals surface area contributed by atoms with Gasteiger partial charge in [0.25, 0.3) is 0 Å². The third-order valence-corrected chi connectivity index (χ3v) is 7.77. The van der Waals surface area contributed by atoms with Crippen LogP contribution in [0.25, 0.3) is 0 Å². The highest BCUT2D eigenvalue weighted by Crippen LogP contribution is 2.42. The second-order valence-corrected chi connectivity index (χ2v) is 9.57. The maximum Gasteiger partial charge on any atom is 0.309 e. The summed E-state index contributed by atoms with van der Waals surface area (Å²) >= 11 is 0. The number of ether oxygens (including phenoxy) is 1. The van der Waals surface area contributed by atoms with Crippen LogP contribution in [0.3, 0.4) is 0 Å². The molecule has 0 amide bonds. The molecule has 0 aromatic rings. The van der Waals surface area contributed by atoms with Gasteiger partial charge >= 0.3 is 5.97 Å². The van der Waals surface area contributed by atoms with Crippen LogP contribution in [0.15, 0.2) is 0 Å². The van der Waals surface area contributed by atoms with Crippen LogP contribution in [0.1, 0.15) is 103 Å². The van der Waals surface area contributed by atoms with Gasteiger partial charge in [-0.2, -0.15) is 5.26 Å². The summed E-state index contributed by atoms with van der Waals surface area (Å²) in [5, 5.41) is 8.99. The third-order valence-electron chi connectivity index (χ3n) is 7.77. The summed E-state index contributed by atoms with van der Waals surface area (Å²) in [6.07, 6.45) is 18.0. The monoisotopic (exact) mass is 373 g/mol. The zero-order chi connectivity index (χ0) is 19.1. The Bertz CT molecular complexity index is 487. The average molecular weight is 374 g/mol. The van der Waals surface area contributed by atoms with E-state index in [1.165, 1.54) is 57.8 Å². The summed E-state index contributed by atoms with van der Waals surface area (Å²) in [6.45, 7) is 2.30. The van der Waals surface area contributed by atoms with E-state index in [0.29, 0.717) is 0 Å². The molecule has 0 saturated heterocycles. The number of hydrogen-bond acceptors (Lipinski definition) is 3. The second-order valence-electron chi connectivity index (χ2n) is 9.57. The lowest BCUT2D eigenvalue weighted by Gasteiger charge is -2.37. The van der Waals surface area contributed by atoms with Crippen molar-refractivity contribution in [1.29, 1.82) is 5.26 Å². The first-order chi connectivity index (χ1) is 13.2. The zero-order valence-corrected chi connectivity index (χ0v) is 17.3. The predicted octanol–water partition coefficient (Wildman–Crippen LogP) is 6.41. The first kappa shape index (κ1) is 20.7. The number of unbranched alkanes of at least 4 members (excludes halogenated alkanes) is 1. The Balaban J connectivity index is 1.34. The molecule has 0 N–H and O–H groups in total. The van der Waals surface area contributed by atoms with E-state index in [9.17, 15) is 4.79 Å². The van der Waals surface area contributed by atoms with Gasteiger partial charge in [0.2, 0.25) is 0 Å². The van der Waals surface area contributed by atoms with Crippen molar-refractivity contribution >= 4 is 5.97 Å². The van der Waals surface area contributed by atoms with E-state index in [4.69, 9.17) is 10.00 Å². The molecule has 0 aliphatic heterocycles. The molecule has 3 aliphatic carbocycles. The predicted molar refractivity (Wildman–Crippen MR) is 108 cm³/mol. The van der Waals surface area contributed by atoms with Crippen molar-refractivity contribution < 1.29 is 9.53 Å². The Morgan fingerprint density at radius 1 is 0.889 bits per heavy atom. The average Bonchev–Trinajstić information content (AvgIpc) is 2.73. The van der Waals surface area contributed by atoms with Crippen LogP contribution in [0.4, 0.5) is 0 Å². The van der Waals surface area contributed by atoms with Gasteiger partial charge in [-0.3, -0.25) is 4.79 Å². The molecule has 27 heavy (non-hydrogen) atoms. The highest BCUT2D eigenvalue weighted by molar-refractivity contribution is 5.72. The second kappa shape index (κ2) is 10.5. The molecule has 0 aromatic carbocycles. The van der Waals surface area contributed by atoms with Gasteiger partial charge in [-0.1, -0.05) is 39.0 Å². The molecular weight excluding hydrogens is 334 g/mol. The van der Waals surface area contributed by atoms with Crippen LogP contribution in [0.2, 0.25) is 0 Å². The van der Waals surface area contributed by atoms with Gasteiger partial charge in [-0.15, -0.1) is 0 Å². The van der Waals surface area contributed by atoms with Crippen molar-refractivity contribution in [2.24, 2.45) is 29.6 Å². The van der Waals surface area contributed by atoms with E-state index in [-0.39, 0.29) is 23.9 Å². The Kier molecular flexibility index (Phi) is 8.04. The molecule has 0 heterocycles. The van der Waals surface area contributed by atoms with Crippen LogP contribution in [0.5, 0.6) is 0 Å². The van der Waals surface area contributed by atoms with Gasteiger partial charge in [-0.25, -0.2) is 0 Å². The van der Waals surface area contributed by atoms with Crippen molar-refractivity contribution in [2.75, 3.05) is 0 Å². The zero-order valence-electron chi connectivity index (χ0n) is 17.3. The van der Waals surface area contributed by atoms with E-state index in [1.807, 2.05) is 0 Å². The highest BCUT2D eigenvalue weighted by Gasteiger charge is 2.34. The molecule has 3 saturated carbocycles. The molecule has 3 fully saturated rings. The fourth-order valence-electron chi connectivity index (χ4n) is 5.84. The summed E-state index contributed by atoms with van der Waals surface area (Å²) in [6, 6.07) is 2.35. The van der Waals surface area contributed by atoms with Crippen molar-refractivity contribution in [2.45, 2.75) is 109 Å². The maximum absolute atomic E-state index is 12.6. The molecule has 152 valence electrons. The fraction of sp³-hybridized carbons (Fsp3) is 0.917. The highest BCUT2D eigenvalue weighted by atomic mass is 16.5. The summed E-state index contributed by atoms with van der Waals surface area (Å²) in [5.41, 5.74) is 0. The van der Waals surface area contributed by atoms with Gasteiger partial charge in [0.05, 0.1) is 12.0 Å². The van der Waals surface area contributed by atoms with Crippen LogP contribution >= 0.6 is 0 Å². The number of rotatable bonds is 6. The molecule has 0 unspecified atom stereocenters. The maximum atomic E-state index is 12.6. The first-order valence-corrected chi connectivity index (χ1v) is 11.8. The quantitative estimate of drug-likeness (QED) is 0.505. The number of esters is 1. The molecule has 3 aliphatic rings. The van der Waals surface area contributed by atoms with Crippen molar-refractivity contribution in [3.05, 3.63) is 0 Å². The molecule has 0 aromatic heterocycles. The van der Waals surface area contributed by atoms with E-state index < -0.39 is 0 Å². The van der Waals surface area contributed by atoms with E-state index in [2.05, 4.69) is 13.0 Å². The van der Waals surface area contributed by atoms with Crippen molar-refractivity contribution in [3.8, 4) is 6.07 Å². The number of carbonyl (C=O) groups is 1. The number of hydrogen-bond donors (Lipinski definition) is 0. The number of carbonyl (C=O) groups excluding carboxylic acids is 1. The van der Waals surface area contributed by atoms with Gasteiger partial charge in [0.15, 0.2) is 0 Å². The minimum Gasteiger partial charge on any atom is -0.462 e. The summed E-state index contributed by atoms with van der Waals surface area (Å²) < 4.78 is 5.81. The fourth-order valence-corrected chi connectivity index (χ4v) is 5.84. The first-order valence-electron chi connectivity index (χ1n) is 11.8. The largest absolute Gasteiger partial charge is 0.462 e. The molecule has 3 rings (SSSR count). The normalized spacial score (nSPS) is 37.3. The van der Waals surface area contributed by atoms with Gasteiger partial charge in [0.1, 0.15) is 6.10 Å². The third kappa shape index (κ3) is 5.97. The Morgan fingerprint density at radius 2 is 1.48 bits per heavy atom. The van der Waals surface area contributed by atoms with Crippen molar-refractivity contribution in [3.63, 3.8) is 0 Å². The molecule has 0 atom stereocenters. The molecular formula is C24H39NO2. The van der Waals surface area contributed by atoms with Gasteiger partial charge in [0, 0.05) is 5.92 Å². The lowest BCUT2D eigenvalue weighted by atomic mass is 9.68. The Morgan fingerprint density at radius 3 is 2.04 bits per heavy atom. The van der Waals surface area contributed by atoms with Gasteiger partial charge < -0.3 is 4.74 Å². The summed E-state index contributed by atoms with van der Waals surface area (Å²) in [4.78, 5) is 12.6. The van der Waals surface area contributed by atoms with Crippen molar-refractivity contribution in [1.82, 2.24) is 0 Å². The van der Waals surface area contributed by atoms with Crippen LogP contribution in [-0.4, -0.2) is 12.1 Å². The minimum absolute atomic E-state index is 0.0529. The number of nitrogens with zero attached hydrogens (tertiary/aromatic N) is 1. The lowest BCUT2D eigenvalue weighted by molar-refractivity contribution is -0.157. The summed E-state index contributed by atoms with van der Waals surface area (Å²) in [5.74, 6) is 3.12.